The second-order valence-corrected chi connectivity index (χ2v) is 2.96. The Bertz CT molecular complexity index is 184. The number of aliphatic imine (C=N–C) groups is 1. The molecule has 2 heteroatoms. The SMILES string of the molecule is CCC1(C)C=NCC(O)=C1. The van der Waals surface area contributed by atoms with Crippen molar-refractivity contribution in [3.63, 3.8) is 0 Å². The minimum absolute atomic E-state index is 0.0116. The Morgan fingerprint density at radius 3 is 2.90 bits per heavy atom. The van der Waals surface area contributed by atoms with E-state index in [1.54, 1.807) is 0 Å². The van der Waals surface area contributed by atoms with Gasteiger partial charge in [-0.25, -0.2) is 0 Å². The van der Waals surface area contributed by atoms with Crippen molar-refractivity contribution in [1.29, 1.82) is 0 Å². The highest BCUT2D eigenvalue weighted by Gasteiger charge is 2.19. The summed E-state index contributed by atoms with van der Waals surface area (Å²) < 4.78 is 0. The van der Waals surface area contributed by atoms with Crippen molar-refractivity contribution >= 4 is 6.21 Å². The van der Waals surface area contributed by atoms with Gasteiger partial charge in [0, 0.05) is 11.6 Å². The standard InChI is InChI=1S/C8H13NO/c1-3-8(2)4-7(10)5-9-6-8/h4,6,10H,3,5H2,1-2H3. The predicted octanol–water partition coefficient (Wildman–Crippen LogP) is 1.93. The van der Waals surface area contributed by atoms with E-state index in [-0.39, 0.29) is 5.41 Å². The lowest BCUT2D eigenvalue weighted by Crippen LogP contribution is -2.18. The van der Waals surface area contributed by atoms with E-state index < -0.39 is 0 Å². The third-order valence-electron chi connectivity index (χ3n) is 1.90. The van der Waals surface area contributed by atoms with Gasteiger partial charge in [-0.3, -0.25) is 4.99 Å². The van der Waals surface area contributed by atoms with Crippen LogP contribution in [0.15, 0.2) is 16.8 Å². The lowest BCUT2D eigenvalue weighted by Gasteiger charge is -2.21. The highest BCUT2D eigenvalue weighted by atomic mass is 16.3. The van der Waals surface area contributed by atoms with Gasteiger partial charge in [-0.15, -0.1) is 0 Å². The molecule has 1 aliphatic heterocycles. The molecular weight excluding hydrogens is 126 g/mol. The van der Waals surface area contributed by atoms with Crippen LogP contribution in [-0.2, 0) is 0 Å². The third kappa shape index (κ3) is 1.38. The lowest BCUT2D eigenvalue weighted by molar-refractivity contribution is 0.382. The molecule has 0 amide bonds. The molecule has 1 unspecified atom stereocenters. The van der Waals surface area contributed by atoms with Crippen LogP contribution < -0.4 is 0 Å². The molecule has 0 bridgehead atoms. The molecule has 0 aromatic rings. The molecule has 0 aromatic heterocycles. The predicted molar refractivity (Wildman–Crippen MR) is 42.5 cm³/mol. The number of allylic oxidation sites excluding steroid dienone is 1. The molecule has 1 aliphatic rings. The van der Waals surface area contributed by atoms with E-state index in [0.29, 0.717) is 12.3 Å². The van der Waals surface area contributed by atoms with Gasteiger partial charge in [-0.05, 0) is 12.5 Å². The monoisotopic (exact) mass is 139 g/mol. The van der Waals surface area contributed by atoms with E-state index in [1.165, 1.54) is 0 Å². The van der Waals surface area contributed by atoms with E-state index in [0.717, 1.165) is 6.42 Å². The van der Waals surface area contributed by atoms with Gasteiger partial charge in [0.2, 0.25) is 0 Å². The molecule has 56 valence electrons. The maximum Gasteiger partial charge on any atom is 0.111 e. The van der Waals surface area contributed by atoms with Crippen molar-refractivity contribution in [3.05, 3.63) is 11.8 Å². The van der Waals surface area contributed by atoms with E-state index in [2.05, 4.69) is 18.8 Å². The van der Waals surface area contributed by atoms with E-state index in [1.807, 2.05) is 12.3 Å². The number of rotatable bonds is 1. The fourth-order valence-electron chi connectivity index (χ4n) is 1.00. The maximum absolute atomic E-state index is 9.12. The number of hydrogen-bond donors (Lipinski definition) is 1. The molecule has 2 nitrogen and oxygen atoms in total. The number of nitrogens with zero attached hydrogens (tertiary/aromatic N) is 1. The zero-order chi connectivity index (χ0) is 7.61. The largest absolute Gasteiger partial charge is 0.511 e. The van der Waals surface area contributed by atoms with Crippen LogP contribution in [0.3, 0.4) is 0 Å². The van der Waals surface area contributed by atoms with Crippen LogP contribution in [0, 0.1) is 5.41 Å². The molecule has 0 radical (unpaired) electrons. The first-order valence-corrected chi connectivity index (χ1v) is 3.58. The minimum atomic E-state index is -0.0116. The molecule has 1 N–H and O–H groups in total. The molecule has 0 fully saturated rings. The van der Waals surface area contributed by atoms with Gasteiger partial charge in [0.05, 0.1) is 6.54 Å². The van der Waals surface area contributed by atoms with Crippen LogP contribution in [0.1, 0.15) is 20.3 Å². The quantitative estimate of drug-likeness (QED) is 0.591. The summed E-state index contributed by atoms with van der Waals surface area (Å²) in [5, 5.41) is 9.12. The third-order valence-corrected chi connectivity index (χ3v) is 1.90. The van der Waals surface area contributed by atoms with Gasteiger partial charge in [-0.1, -0.05) is 13.8 Å². The van der Waals surface area contributed by atoms with E-state index >= 15 is 0 Å². The van der Waals surface area contributed by atoms with Crippen LogP contribution in [0.25, 0.3) is 0 Å². The molecule has 1 atom stereocenters. The molecular formula is C8H13NO. The molecule has 10 heavy (non-hydrogen) atoms. The number of aliphatic hydroxyl groups is 1. The van der Waals surface area contributed by atoms with Crippen molar-refractivity contribution in [2.24, 2.45) is 10.4 Å². The van der Waals surface area contributed by atoms with Crippen LogP contribution >= 0.6 is 0 Å². The molecule has 0 aliphatic carbocycles. The van der Waals surface area contributed by atoms with Gasteiger partial charge in [-0.2, -0.15) is 0 Å². The number of hydrogen-bond acceptors (Lipinski definition) is 2. The highest BCUT2D eigenvalue weighted by Crippen LogP contribution is 2.24. The Kier molecular flexibility index (Phi) is 1.79. The van der Waals surface area contributed by atoms with Gasteiger partial charge >= 0.3 is 0 Å². The Hall–Kier alpha value is -0.790. The summed E-state index contributed by atoms with van der Waals surface area (Å²) in [5.41, 5.74) is -0.0116. The summed E-state index contributed by atoms with van der Waals surface area (Å²) in [6.07, 6.45) is 4.77. The maximum atomic E-state index is 9.12. The zero-order valence-corrected chi connectivity index (χ0v) is 6.46. The lowest BCUT2D eigenvalue weighted by atomic mass is 9.87. The van der Waals surface area contributed by atoms with Crippen molar-refractivity contribution in [2.75, 3.05) is 6.54 Å². The van der Waals surface area contributed by atoms with E-state index in [4.69, 9.17) is 5.11 Å². The molecule has 0 saturated carbocycles. The topological polar surface area (TPSA) is 32.6 Å². The second kappa shape index (κ2) is 2.45. The van der Waals surface area contributed by atoms with Crippen molar-refractivity contribution in [3.8, 4) is 0 Å². The number of dihydropyridines is 1. The van der Waals surface area contributed by atoms with Crippen LogP contribution in [-0.4, -0.2) is 17.9 Å². The summed E-state index contributed by atoms with van der Waals surface area (Å²) in [4.78, 5) is 4.04. The van der Waals surface area contributed by atoms with Crippen LogP contribution in [0.5, 0.6) is 0 Å². The second-order valence-electron chi connectivity index (χ2n) is 2.96. The average Bonchev–Trinajstić information content (AvgIpc) is 1.88. The smallest absolute Gasteiger partial charge is 0.111 e. The fraction of sp³-hybridized carbons (Fsp3) is 0.625. The first-order chi connectivity index (χ1) is 4.66. The summed E-state index contributed by atoms with van der Waals surface area (Å²) >= 11 is 0. The van der Waals surface area contributed by atoms with Gasteiger partial charge < -0.3 is 5.11 Å². The summed E-state index contributed by atoms with van der Waals surface area (Å²) in [6, 6.07) is 0. The normalized spacial score (nSPS) is 32.0. The van der Waals surface area contributed by atoms with Crippen molar-refractivity contribution < 1.29 is 5.11 Å². The first kappa shape index (κ1) is 7.32. The molecule has 0 spiro atoms. The van der Waals surface area contributed by atoms with Crippen LogP contribution in [0.4, 0.5) is 0 Å². The van der Waals surface area contributed by atoms with Crippen molar-refractivity contribution in [1.82, 2.24) is 0 Å². The van der Waals surface area contributed by atoms with Gasteiger partial charge in [0.1, 0.15) is 5.76 Å². The minimum Gasteiger partial charge on any atom is -0.511 e. The Balaban J connectivity index is 2.78. The summed E-state index contributed by atoms with van der Waals surface area (Å²) in [5.74, 6) is 0.395. The molecule has 1 rings (SSSR count). The molecule has 0 aromatic carbocycles. The highest BCUT2D eigenvalue weighted by molar-refractivity contribution is 5.69. The van der Waals surface area contributed by atoms with Crippen molar-refractivity contribution in [2.45, 2.75) is 20.3 Å². The van der Waals surface area contributed by atoms with Crippen LogP contribution in [0.2, 0.25) is 0 Å². The number of aliphatic hydroxyl groups excluding tert-OH is 1. The Morgan fingerprint density at radius 2 is 2.50 bits per heavy atom. The van der Waals surface area contributed by atoms with E-state index in [9.17, 15) is 0 Å². The average molecular weight is 139 g/mol. The zero-order valence-electron chi connectivity index (χ0n) is 6.46. The van der Waals surface area contributed by atoms with Gasteiger partial charge in [0.15, 0.2) is 0 Å². The Labute approximate surface area is 61.3 Å². The first-order valence-electron chi connectivity index (χ1n) is 3.58. The van der Waals surface area contributed by atoms with Gasteiger partial charge in [0.25, 0.3) is 0 Å². The Morgan fingerprint density at radius 1 is 1.80 bits per heavy atom. The summed E-state index contributed by atoms with van der Waals surface area (Å²) in [7, 11) is 0. The summed E-state index contributed by atoms with van der Waals surface area (Å²) in [6.45, 7) is 4.60. The fourth-order valence-corrected chi connectivity index (χ4v) is 1.00. The molecule has 1 heterocycles. The molecule has 0 saturated heterocycles.